The maximum absolute atomic E-state index is 12.2. The second kappa shape index (κ2) is 6.54. The van der Waals surface area contributed by atoms with Gasteiger partial charge in [0.25, 0.3) is 5.91 Å². The van der Waals surface area contributed by atoms with Crippen LogP contribution in [0, 0.1) is 5.92 Å². The van der Waals surface area contributed by atoms with Crippen LogP contribution in [0.3, 0.4) is 0 Å². The van der Waals surface area contributed by atoms with E-state index in [1.165, 1.54) is 0 Å². The molecule has 122 valence electrons. The van der Waals surface area contributed by atoms with Crippen molar-refractivity contribution >= 4 is 28.9 Å². The van der Waals surface area contributed by atoms with E-state index >= 15 is 0 Å². The van der Waals surface area contributed by atoms with Crippen LogP contribution < -0.4 is 16.5 Å². The Labute approximate surface area is 139 Å². The number of nitrogen functional groups attached to an aromatic ring is 1. The lowest BCUT2D eigenvalue weighted by Gasteiger charge is -2.19. The van der Waals surface area contributed by atoms with Crippen molar-refractivity contribution in [3.8, 4) is 0 Å². The second-order valence-corrected chi connectivity index (χ2v) is 5.79. The van der Waals surface area contributed by atoms with Crippen LogP contribution >= 0.6 is 0 Å². The van der Waals surface area contributed by atoms with Gasteiger partial charge < -0.3 is 11.1 Å². The predicted molar refractivity (Wildman–Crippen MR) is 93.7 cm³/mol. The Bertz CT molecular complexity index is 812. The van der Waals surface area contributed by atoms with Gasteiger partial charge >= 0.3 is 0 Å². The van der Waals surface area contributed by atoms with Crippen molar-refractivity contribution in [1.29, 1.82) is 0 Å². The molecule has 0 saturated carbocycles. The number of hydrogen-bond acceptors (Lipinski definition) is 4. The predicted octanol–water partition coefficient (Wildman–Crippen LogP) is 2.38. The zero-order valence-electron chi connectivity index (χ0n) is 13.2. The Morgan fingerprint density at radius 3 is 2.67 bits per heavy atom. The number of carbonyl (C=O) groups excluding carboxylic acids is 2. The number of nitrogens with one attached hydrogen (secondary N) is 2. The number of carbonyl (C=O) groups is 2. The summed E-state index contributed by atoms with van der Waals surface area (Å²) in [4.78, 5) is 23.5. The molecule has 4 N–H and O–H groups in total. The summed E-state index contributed by atoms with van der Waals surface area (Å²) in [5.74, 6) is -0.227. The number of rotatable bonds is 3. The maximum atomic E-state index is 12.2. The van der Waals surface area contributed by atoms with Crippen LogP contribution in [0.4, 0.5) is 11.4 Å². The zero-order valence-corrected chi connectivity index (χ0v) is 13.2. The Morgan fingerprint density at radius 1 is 1.25 bits per heavy atom. The summed E-state index contributed by atoms with van der Waals surface area (Å²) < 4.78 is 0. The molecule has 2 amide bonds. The van der Waals surface area contributed by atoms with E-state index < -0.39 is 0 Å². The molecule has 2 aromatic rings. The third kappa shape index (κ3) is 3.43. The van der Waals surface area contributed by atoms with Crippen LogP contribution in [0.1, 0.15) is 29.3 Å². The fraction of sp³-hybridized carbons (Fsp3) is 0.167. The van der Waals surface area contributed by atoms with E-state index in [4.69, 9.17) is 5.73 Å². The van der Waals surface area contributed by atoms with E-state index in [9.17, 15) is 9.59 Å². The normalized spacial score (nSPS) is 17.0. The molecule has 1 atom stereocenters. The molecule has 0 spiro atoms. The smallest absolute Gasteiger partial charge is 0.255 e. The molecule has 0 aliphatic carbocycles. The number of amides is 2. The molecular weight excluding hydrogens is 304 g/mol. The van der Waals surface area contributed by atoms with Crippen molar-refractivity contribution in [3.05, 3.63) is 59.7 Å². The van der Waals surface area contributed by atoms with Crippen LogP contribution in [0.15, 0.2) is 53.6 Å². The quantitative estimate of drug-likeness (QED) is 0.757. The molecule has 0 radical (unpaired) electrons. The monoisotopic (exact) mass is 322 g/mol. The van der Waals surface area contributed by atoms with Crippen LogP contribution in [0.25, 0.3) is 0 Å². The highest BCUT2D eigenvalue weighted by molar-refractivity contribution is 6.07. The molecule has 0 fully saturated rings. The van der Waals surface area contributed by atoms with E-state index in [0.717, 1.165) is 11.3 Å². The Kier molecular flexibility index (Phi) is 4.29. The van der Waals surface area contributed by atoms with Crippen molar-refractivity contribution in [2.45, 2.75) is 13.3 Å². The first kappa shape index (κ1) is 15.7. The van der Waals surface area contributed by atoms with Crippen LogP contribution in [-0.2, 0) is 4.79 Å². The molecule has 3 rings (SSSR count). The van der Waals surface area contributed by atoms with Crippen molar-refractivity contribution in [1.82, 2.24) is 5.43 Å². The molecule has 0 bridgehead atoms. The minimum Gasteiger partial charge on any atom is -0.399 e. The van der Waals surface area contributed by atoms with Crippen molar-refractivity contribution < 1.29 is 9.59 Å². The van der Waals surface area contributed by atoms with Crippen LogP contribution in [0.2, 0.25) is 0 Å². The van der Waals surface area contributed by atoms with Crippen LogP contribution in [-0.4, -0.2) is 17.5 Å². The summed E-state index contributed by atoms with van der Waals surface area (Å²) in [6, 6.07) is 14.2. The van der Waals surface area contributed by atoms with Gasteiger partial charge in [0, 0.05) is 29.3 Å². The fourth-order valence-corrected chi connectivity index (χ4v) is 2.61. The number of benzene rings is 2. The van der Waals surface area contributed by atoms with E-state index in [1.54, 1.807) is 24.3 Å². The fourth-order valence-electron chi connectivity index (χ4n) is 2.61. The minimum atomic E-state index is -0.217. The first-order chi connectivity index (χ1) is 11.5. The van der Waals surface area contributed by atoms with Gasteiger partial charge in [0.2, 0.25) is 5.91 Å². The average molecular weight is 322 g/mol. The lowest BCUT2D eigenvalue weighted by Crippen LogP contribution is -2.31. The molecule has 1 heterocycles. The third-order valence-electron chi connectivity index (χ3n) is 3.85. The van der Waals surface area contributed by atoms with Crippen molar-refractivity contribution in [2.75, 3.05) is 11.1 Å². The van der Waals surface area contributed by atoms with Gasteiger partial charge in [-0.3, -0.25) is 9.59 Å². The summed E-state index contributed by atoms with van der Waals surface area (Å²) in [5.41, 5.74) is 11.7. The van der Waals surface area contributed by atoms with E-state index in [1.807, 2.05) is 31.2 Å². The summed E-state index contributed by atoms with van der Waals surface area (Å²) >= 11 is 0. The van der Waals surface area contributed by atoms with Crippen molar-refractivity contribution in [3.63, 3.8) is 0 Å². The first-order valence-electron chi connectivity index (χ1n) is 7.66. The van der Waals surface area contributed by atoms with E-state index in [0.29, 0.717) is 23.4 Å². The lowest BCUT2D eigenvalue weighted by molar-refractivity contribution is -0.121. The highest BCUT2D eigenvalue weighted by Crippen LogP contribution is 2.19. The highest BCUT2D eigenvalue weighted by Gasteiger charge is 2.21. The second-order valence-electron chi connectivity index (χ2n) is 5.79. The number of nitrogens with zero attached hydrogens (tertiary/aromatic N) is 1. The van der Waals surface area contributed by atoms with Gasteiger partial charge in [0.1, 0.15) is 0 Å². The molecule has 0 saturated heterocycles. The molecule has 0 aromatic heterocycles. The zero-order chi connectivity index (χ0) is 17.1. The van der Waals surface area contributed by atoms with Gasteiger partial charge in [-0.15, -0.1) is 0 Å². The maximum Gasteiger partial charge on any atom is 0.255 e. The molecule has 1 aliphatic heterocycles. The van der Waals surface area contributed by atoms with E-state index in [-0.39, 0.29) is 17.7 Å². The summed E-state index contributed by atoms with van der Waals surface area (Å²) in [6.45, 7) is 1.97. The lowest BCUT2D eigenvalue weighted by atomic mass is 9.94. The molecule has 6 heteroatoms. The topological polar surface area (TPSA) is 96.6 Å². The Hall–Kier alpha value is -3.15. The van der Waals surface area contributed by atoms with Gasteiger partial charge in [-0.05, 0) is 35.9 Å². The Morgan fingerprint density at radius 2 is 2.00 bits per heavy atom. The summed E-state index contributed by atoms with van der Waals surface area (Å²) in [5, 5.41) is 6.96. The van der Waals surface area contributed by atoms with Crippen LogP contribution in [0.5, 0.6) is 0 Å². The van der Waals surface area contributed by atoms with Gasteiger partial charge in [0.15, 0.2) is 0 Å². The Balaban J connectivity index is 1.73. The number of nitrogens with two attached hydrogens (primary N) is 1. The molecule has 6 nitrogen and oxygen atoms in total. The van der Waals surface area contributed by atoms with Gasteiger partial charge in [0.05, 0.1) is 5.71 Å². The first-order valence-corrected chi connectivity index (χ1v) is 7.66. The summed E-state index contributed by atoms with van der Waals surface area (Å²) in [6.07, 6.45) is 0.423. The third-order valence-corrected chi connectivity index (χ3v) is 3.85. The highest BCUT2D eigenvalue weighted by atomic mass is 16.2. The molecule has 1 unspecified atom stereocenters. The SMILES string of the molecule is CC1CC(=O)NN=C1c1ccc(NC(=O)c2cccc(N)c2)cc1. The standard InChI is InChI=1S/C18H18N4O2/c1-11-9-16(23)21-22-17(11)12-5-7-15(8-6-12)20-18(24)13-3-2-4-14(19)10-13/h2-8,10-11H,9,19H2,1H3,(H,20,24)(H,21,23). The average Bonchev–Trinajstić information content (AvgIpc) is 2.56. The van der Waals surface area contributed by atoms with Crippen molar-refractivity contribution in [2.24, 2.45) is 11.0 Å². The number of hydrogen-bond donors (Lipinski definition) is 3. The summed E-state index contributed by atoms with van der Waals surface area (Å²) in [7, 11) is 0. The molecule has 24 heavy (non-hydrogen) atoms. The molecular formula is C18H18N4O2. The van der Waals surface area contributed by atoms with Gasteiger partial charge in [-0.1, -0.05) is 25.1 Å². The van der Waals surface area contributed by atoms with Gasteiger partial charge in [-0.2, -0.15) is 5.10 Å². The largest absolute Gasteiger partial charge is 0.399 e. The molecule has 1 aliphatic rings. The van der Waals surface area contributed by atoms with E-state index in [2.05, 4.69) is 15.8 Å². The number of anilines is 2. The number of hydrazone groups is 1. The minimum absolute atomic E-state index is 0.0616. The molecule has 2 aromatic carbocycles. The van der Waals surface area contributed by atoms with Gasteiger partial charge in [-0.25, -0.2) is 5.43 Å².